The summed E-state index contributed by atoms with van der Waals surface area (Å²) < 4.78 is 5.35. The third kappa shape index (κ3) is 1.95. The summed E-state index contributed by atoms with van der Waals surface area (Å²) in [5.74, 6) is 0. The summed E-state index contributed by atoms with van der Waals surface area (Å²) in [6.07, 6.45) is 3.12. The second kappa shape index (κ2) is 4.15. The van der Waals surface area contributed by atoms with Crippen LogP contribution in [0.2, 0.25) is 0 Å². The monoisotopic (exact) mass is 231 g/mol. The third-order valence-electron chi connectivity index (χ3n) is 3.81. The standard InChI is InChI=1S/C14H17NO2/c16-11-14(4-5-14)12-2-1-3-13(10-12)15-6-8-17-9-7-15/h1-3,10-11H,4-9H2. The second-order valence-corrected chi connectivity index (χ2v) is 4.92. The van der Waals surface area contributed by atoms with Gasteiger partial charge in [0.1, 0.15) is 6.29 Å². The van der Waals surface area contributed by atoms with Gasteiger partial charge in [-0.15, -0.1) is 0 Å². The van der Waals surface area contributed by atoms with Gasteiger partial charge in [0.15, 0.2) is 0 Å². The highest BCUT2D eigenvalue weighted by molar-refractivity contribution is 5.74. The Morgan fingerprint density at radius 3 is 2.65 bits per heavy atom. The van der Waals surface area contributed by atoms with Crippen LogP contribution < -0.4 is 4.90 Å². The van der Waals surface area contributed by atoms with E-state index in [9.17, 15) is 4.79 Å². The van der Waals surface area contributed by atoms with Gasteiger partial charge in [-0.05, 0) is 30.5 Å². The highest BCUT2D eigenvalue weighted by Crippen LogP contribution is 2.46. The Bertz CT molecular complexity index is 420. The molecule has 1 saturated heterocycles. The van der Waals surface area contributed by atoms with Gasteiger partial charge in [-0.2, -0.15) is 0 Å². The molecule has 1 aliphatic carbocycles. The number of carbonyl (C=O) groups excluding carboxylic acids is 1. The molecule has 0 N–H and O–H groups in total. The largest absolute Gasteiger partial charge is 0.378 e. The molecule has 17 heavy (non-hydrogen) atoms. The predicted octanol–water partition coefficient (Wildman–Crippen LogP) is 1.75. The first-order valence-electron chi connectivity index (χ1n) is 6.24. The summed E-state index contributed by atoms with van der Waals surface area (Å²) in [7, 11) is 0. The van der Waals surface area contributed by atoms with Crippen molar-refractivity contribution in [2.75, 3.05) is 31.2 Å². The topological polar surface area (TPSA) is 29.5 Å². The third-order valence-corrected chi connectivity index (χ3v) is 3.81. The second-order valence-electron chi connectivity index (χ2n) is 4.92. The zero-order valence-electron chi connectivity index (χ0n) is 9.89. The molecule has 0 bridgehead atoms. The van der Waals surface area contributed by atoms with Gasteiger partial charge in [0.2, 0.25) is 0 Å². The SMILES string of the molecule is O=CC1(c2cccc(N3CCOCC3)c2)CC1. The van der Waals surface area contributed by atoms with Crippen molar-refractivity contribution in [2.24, 2.45) is 0 Å². The van der Waals surface area contributed by atoms with Crippen molar-refractivity contribution in [1.29, 1.82) is 0 Å². The van der Waals surface area contributed by atoms with E-state index in [-0.39, 0.29) is 5.41 Å². The molecule has 3 nitrogen and oxygen atoms in total. The fraction of sp³-hybridized carbons (Fsp3) is 0.500. The smallest absolute Gasteiger partial charge is 0.130 e. The molecule has 0 spiro atoms. The summed E-state index contributed by atoms with van der Waals surface area (Å²) in [6.45, 7) is 3.47. The lowest BCUT2D eigenvalue weighted by atomic mass is 9.97. The number of benzene rings is 1. The summed E-state index contributed by atoms with van der Waals surface area (Å²) in [6, 6.07) is 8.43. The number of aldehydes is 1. The van der Waals surface area contributed by atoms with Crippen molar-refractivity contribution in [2.45, 2.75) is 18.3 Å². The Morgan fingerprint density at radius 1 is 1.24 bits per heavy atom. The van der Waals surface area contributed by atoms with Gasteiger partial charge in [-0.3, -0.25) is 0 Å². The van der Waals surface area contributed by atoms with Crippen LogP contribution in [0.3, 0.4) is 0 Å². The van der Waals surface area contributed by atoms with E-state index in [4.69, 9.17) is 4.74 Å². The van der Waals surface area contributed by atoms with Crippen LogP contribution >= 0.6 is 0 Å². The molecular formula is C14H17NO2. The van der Waals surface area contributed by atoms with Crippen LogP contribution in [-0.2, 0) is 14.9 Å². The Hall–Kier alpha value is -1.35. The molecule has 3 heteroatoms. The van der Waals surface area contributed by atoms with Gasteiger partial charge in [-0.1, -0.05) is 12.1 Å². The van der Waals surface area contributed by atoms with E-state index >= 15 is 0 Å². The van der Waals surface area contributed by atoms with Crippen molar-refractivity contribution < 1.29 is 9.53 Å². The highest BCUT2D eigenvalue weighted by atomic mass is 16.5. The molecule has 1 aromatic carbocycles. The number of nitrogens with zero attached hydrogens (tertiary/aromatic N) is 1. The summed E-state index contributed by atoms with van der Waals surface area (Å²) in [5, 5.41) is 0. The first kappa shape index (κ1) is 10.8. The molecule has 3 rings (SSSR count). The highest BCUT2D eigenvalue weighted by Gasteiger charge is 2.44. The lowest BCUT2D eigenvalue weighted by Gasteiger charge is -2.29. The summed E-state index contributed by atoms with van der Waals surface area (Å²) in [5.41, 5.74) is 2.23. The minimum atomic E-state index is -0.164. The quantitative estimate of drug-likeness (QED) is 0.742. The Labute approximate surface area is 101 Å². The van der Waals surface area contributed by atoms with Crippen LogP contribution in [0, 0.1) is 0 Å². The predicted molar refractivity (Wildman–Crippen MR) is 66.5 cm³/mol. The molecule has 90 valence electrons. The molecule has 1 aromatic rings. The average Bonchev–Trinajstić information content (AvgIpc) is 3.21. The lowest BCUT2D eigenvalue weighted by Crippen LogP contribution is -2.36. The zero-order chi connectivity index (χ0) is 11.7. The maximum atomic E-state index is 11.1. The molecule has 0 aromatic heterocycles. The van der Waals surface area contributed by atoms with Crippen LogP contribution in [0.1, 0.15) is 18.4 Å². The van der Waals surface area contributed by atoms with E-state index in [1.54, 1.807) is 0 Å². The lowest BCUT2D eigenvalue weighted by molar-refractivity contribution is -0.109. The number of anilines is 1. The Morgan fingerprint density at radius 2 is 2.00 bits per heavy atom. The van der Waals surface area contributed by atoms with E-state index in [1.807, 2.05) is 0 Å². The van der Waals surface area contributed by atoms with Gasteiger partial charge in [0.05, 0.1) is 18.6 Å². The number of hydrogen-bond acceptors (Lipinski definition) is 3. The van der Waals surface area contributed by atoms with Crippen molar-refractivity contribution in [3.05, 3.63) is 29.8 Å². The van der Waals surface area contributed by atoms with Crippen LogP contribution in [0.15, 0.2) is 24.3 Å². The molecule has 1 saturated carbocycles. The van der Waals surface area contributed by atoms with Crippen molar-refractivity contribution in [3.63, 3.8) is 0 Å². The fourth-order valence-electron chi connectivity index (χ4n) is 2.44. The van der Waals surface area contributed by atoms with E-state index < -0.39 is 0 Å². The molecule has 1 heterocycles. The first-order chi connectivity index (χ1) is 8.34. The zero-order valence-corrected chi connectivity index (χ0v) is 9.89. The van der Waals surface area contributed by atoms with Crippen molar-refractivity contribution >= 4 is 12.0 Å². The minimum Gasteiger partial charge on any atom is -0.378 e. The van der Waals surface area contributed by atoms with E-state index in [0.29, 0.717) is 0 Å². The number of rotatable bonds is 3. The van der Waals surface area contributed by atoms with Crippen LogP contribution in [0.5, 0.6) is 0 Å². The molecular weight excluding hydrogens is 214 g/mol. The van der Waals surface area contributed by atoms with E-state index in [2.05, 4.69) is 29.2 Å². The van der Waals surface area contributed by atoms with Crippen LogP contribution in [0.4, 0.5) is 5.69 Å². The summed E-state index contributed by atoms with van der Waals surface area (Å²) >= 11 is 0. The number of ether oxygens (including phenoxy) is 1. The number of morpholine rings is 1. The van der Waals surface area contributed by atoms with Crippen LogP contribution in [-0.4, -0.2) is 32.6 Å². The van der Waals surface area contributed by atoms with Gasteiger partial charge < -0.3 is 14.4 Å². The maximum absolute atomic E-state index is 11.1. The van der Waals surface area contributed by atoms with Gasteiger partial charge >= 0.3 is 0 Å². The van der Waals surface area contributed by atoms with Crippen molar-refractivity contribution in [3.8, 4) is 0 Å². The van der Waals surface area contributed by atoms with Crippen LogP contribution in [0.25, 0.3) is 0 Å². The van der Waals surface area contributed by atoms with Gasteiger partial charge in [0, 0.05) is 18.8 Å². The van der Waals surface area contributed by atoms with Gasteiger partial charge in [-0.25, -0.2) is 0 Å². The molecule has 2 fully saturated rings. The minimum absolute atomic E-state index is 0.164. The first-order valence-corrected chi connectivity index (χ1v) is 6.24. The molecule has 0 atom stereocenters. The molecule has 0 amide bonds. The summed E-state index contributed by atoms with van der Waals surface area (Å²) in [4.78, 5) is 13.5. The normalized spacial score (nSPS) is 22.2. The number of hydrogen-bond donors (Lipinski definition) is 0. The fourth-order valence-corrected chi connectivity index (χ4v) is 2.44. The Kier molecular flexibility index (Phi) is 2.63. The van der Waals surface area contributed by atoms with E-state index in [0.717, 1.165) is 45.4 Å². The Balaban J connectivity index is 1.86. The van der Waals surface area contributed by atoms with Gasteiger partial charge in [0.25, 0.3) is 0 Å². The molecule has 1 aliphatic heterocycles. The average molecular weight is 231 g/mol. The van der Waals surface area contributed by atoms with Crippen molar-refractivity contribution in [1.82, 2.24) is 0 Å². The van der Waals surface area contributed by atoms with E-state index in [1.165, 1.54) is 11.3 Å². The molecule has 2 aliphatic rings. The number of carbonyl (C=O) groups is 1. The maximum Gasteiger partial charge on any atom is 0.130 e. The molecule has 0 unspecified atom stereocenters. The molecule has 0 radical (unpaired) electrons.